The van der Waals surface area contributed by atoms with Crippen LogP contribution in [0.15, 0.2) is 30.3 Å². The third-order valence-electron chi connectivity index (χ3n) is 2.70. The molecule has 0 aliphatic heterocycles. The molecule has 19 heavy (non-hydrogen) atoms. The number of nitrogen functional groups attached to an aromatic ring is 1. The highest BCUT2D eigenvalue weighted by atomic mass is 35.5. The van der Waals surface area contributed by atoms with Gasteiger partial charge in [0.05, 0.1) is 33.7 Å². The van der Waals surface area contributed by atoms with Crippen LogP contribution in [0.3, 0.4) is 0 Å². The monoisotopic (exact) mass is 275 g/mol. The molecule has 5 heteroatoms. The summed E-state index contributed by atoms with van der Waals surface area (Å²) in [5, 5.41) is 12.3. The molecule has 0 fully saturated rings. The molecule has 2 aromatic carbocycles. The molecule has 2 rings (SSSR count). The molecule has 0 radical (unpaired) electrons. The first-order valence-corrected chi connectivity index (χ1v) is 5.91. The minimum absolute atomic E-state index is 0.279. The average Bonchev–Trinajstić information content (AvgIpc) is 2.38. The highest BCUT2D eigenvalue weighted by Gasteiger charge is 2.08. The number of aryl methyl sites for hydroxylation is 1. The number of benzene rings is 2. The van der Waals surface area contributed by atoms with Gasteiger partial charge in [-0.15, -0.1) is 0 Å². The Bertz CT molecular complexity index is 677. The standard InChI is InChI=1S/C14H11ClFN3/c1-8-4-14(12(18)6-11(8)16)19-13-5-9(7-17)2-3-10(13)15/h2-6,19H,18H2,1H3. The fraction of sp³-hybridized carbons (Fsp3) is 0.0714. The predicted octanol–water partition coefficient (Wildman–Crippen LogP) is 3.99. The summed E-state index contributed by atoms with van der Waals surface area (Å²) in [6.45, 7) is 1.65. The number of nitrogens with two attached hydrogens (primary N) is 1. The molecule has 0 amide bonds. The average molecular weight is 276 g/mol. The first-order valence-electron chi connectivity index (χ1n) is 5.53. The summed E-state index contributed by atoms with van der Waals surface area (Å²) in [5.41, 5.74) is 8.09. The van der Waals surface area contributed by atoms with E-state index in [0.717, 1.165) is 0 Å². The van der Waals surface area contributed by atoms with Gasteiger partial charge >= 0.3 is 0 Å². The quantitative estimate of drug-likeness (QED) is 0.815. The summed E-state index contributed by atoms with van der Waals surface area (Å²) in [6, 6.07) is 9.72. The summed E-state index contributed by atoms with van der Waals surface area (Å²) in [4.78, 5) is 0. The zero-order chi connectivity index (χ0) is 14.0. The van der Waals surface area contributed by atoms with Gasteiger partial charge in [0.1, 0.15) is 5.82 Å². The molecule has 0 saturated carbocycles. The SMILES string of the molecule is Cc1cc(Nc2cc(C#N)ccc2Cl)c(N)cc1F. The van der Waals surface area contributed by atoms with Gasteiger partial charge in [0.2, 0.25) is 0 Å². The van der Waals surface area contributed by atoms with Gasteiger partial charge in [0, 0.05) is 0 Å². The number of nitrogens with zero attached hydrogens (tertiary/aromatic N) is 1. The topological polar surface area (TPSA) is 61.8 Å². The zero-order valence-electron chi connectivity index (χ0n) is 10.2. The smallest absolute Gasteiger partial charge is 0.128 e. The highest BCUT2D eigenvalue weighted by molar-refractivity contribution is 6.33. The van der Waals surface area contributed by atoms with E-state index in [1.807, 2.05) is 6.07 Å². The van der Waals surface area contributed by atoms with E-state index in [0.29, 0.717) is 27.5 Å². The Kier molecular flexibility index (Phi) is 3.59. The van der Waals surface area contributed by atoms with Gasteiger partial charge in [-0.1, -0.05) is 11.6 Å². The lowest BCUT2D eigenvalue weighted by Gasteiger charge is -2.12. The van der Waals surface area contributed by atoms with Crippen LogP contribution in [0.1, 0.15) is 11.1 Å². The molecule has 0 aliphatic carbocycles. The number of anilines is 3. The molecule has 0 bridgehead atoms. The fourth-order valence-electron chi connectivity index (χ4n) is 1.64. The lowest BCUT2D eigenvalue weighted by atomic mass is 10.1. The third kappa shape index (κ3) is 2.78. The van der Waals surface area contributed by atoms with Crippen LogP contribution in [0.5, 0.6) is 0 Å². The van der Waals surface area contributed by atoms with Gasteiger partial charge in [0.25, 0.3) is 0 Å². The molecule has 96 valence electrons. The number of rotatable bonds is 2. The van der Waals surface area contributed by atoms with Gasteiger partial charge < -0.3 is 11.1 Å². The van der Waals surface area contributed by atoms with Crippen LogP contribution in [0, 0.1) is 24.1 Å². The van der Waals surface area contributed by atoms with Gasteiger partial charge in [0.15, 0.2) is 0 Å². The van der Waals surface area contributed by atoms with Crippen LogP contribution in [0.25, 0.3) is 0 Å². The molecule has 0 spiro atoms. The molecule has 0 aromatic heterocycles. The molecule has 3 nitrogen and oxygen atoms in total. The molecule has 3 N–H and O–H groups in total. The summed E-state index contributed by atoms with van der Waals surface area (Å²) in [5.74, 6) is -0.361. The van der Waals surface area contributed by atoms with Crippen LogP contribution in [0.4, 0.5) is 21.5 Å². The van der Waals surface area contributed by atoms with Crippen molar-refractivity contribution in [2.45, 2.75) is 6.92 Å². The normalized spacial score (nSPS) is 10.0. The minimum atomic E-state index is -0.361. The van der Waals surface area contributed by atoms with Gasteiger partial charge in [-0.05, 0) is 42.8 Å². The molecule has 0 aliphatic rings. The molecular formula is C14H11ClFN3. The second-order valence-corrected chi connectivity index (χ2v) is 4.53. The minimum Gasteiger partial charge on any atom is -0.397 e. The van der Waals surface area contributed by atoms with E-state index in [2.05, 4.69) is 5.32 Å². The van der Waals surface area contributed by atoms with E-state index in [4.69, 9.17) is 22.6 Å². The van der Waals surface area contributed by atoms with E-state index in [1.165, 1.54) is 6.07 Å². The van der Waals surface area contributed by atoms with Crippen molar-refractivity contribution in [1.29, 1.82) is 5.26 Å². The van der Waals surface area contributed by atoms with E-state index in [-0.39, 0.29) is 11.5 Å². The van der Waals surface area contributed by atoms with Crippen LogP contribution in [-0.4, -0.2) is 0 Å². The molecule has 0 saturated heterocycles. The summed E-state index contributed by atoms with van der Waals surface area (Å²) < 4.78 is 13.3. The van der Waals surface area contributed by atoms with Crippen molar-refractivity contribution in [3.05, 3.63) is 52.3 Å². The maximum absolute atomic E-state index is 13.3. The second-order valence-electron chi connectivity index (χ2n) is 4.12. The predicted molar refractivity (Wildman–Crippen MR) is 75.0 cm³/mol. The Morgan fingerprint density at radius 3 is 2.68 bits per heavy atom. The Morgan fingerprint density at radius 2 is 2.00 bits per heavy atom. The van der Waals surface area contributed by atoms with Gasteiger partial charge in [-0.3, -0.25) is 0 Å². The van der Waals surface area contributed by atoms with Gasteiger partial charge in [-0.2, -0.15) is 5.26 Å². The first-order chi connectivity index (χ1) is 9.01. The largest absolute Gasteiger partial charge is 0.397 e. The van der Waals surface area contributed by atoms with Crippen molar-refractivity contribution in [3.63, 3.8) is 0 Å². The number of halogens is 2. The summed E-state index contributed by atoms with van der Waals surface area (Å²) >= 11 is 6.04. The zero-order valence-corrected chi connectivity index (χ0v) is 10.9. The van der Waals surface area contributed by atoms with Gasteiger partial charge in [-0.25, -0.2) is 4.39 Å². The Hall–Kier alpha value is -2.25. The first kappa shape index (κ1) is 13.2. The molecule has 0 heterocycles. The maximum Gasteiger partial charge on any atom is 0.128 e. The van der Waals surface area contributed by atoms with E-state index in [1.54, 1.807) is 31.2 Å². The van der Waals surface area contributed by atoms with Crippen molar-refractivity contribution >= 4 is 28.7 Å². The summed E-state index contributed by atoms with van der Waals surface area (Å²) in [6.07, 6.45) is 0. The highest BCUT2D eigenvalue weighted by Crippen LogP contribution is 2.30. The number of nitrogens with one attached hydrogen (secondary N) is 1. The van der Waals surface area contributed by atoms with Crippen molar-refractivity contribution in [1.82, 2.24) is 0 Å². The van der Waals surface area contributed by atoms with Crippen LogP contribution < -0.4 is 11.1 Å². The summed E-state index contributed by atoms with van der Waals surface area (Å²) in [7, 11) is 0. The Balaban J connectivity index is 2.42. The lowest BCUT2D eigenvalue weighted by molar-refractivity contribution is 0.619. The maximum atomic E-state index is 13.3. The Morgan fingerprint density at radius 1 is 1.26 bits per heavy atom. The van der Waals surface area contributed by atoms with Crippen molar-refractivity contribution in [3.8, 4) is 6.07 Å². The lowest BCUT2D eigenvalue weighted by Crippen LogP contribution is -1.99. The number of hydrogen-bond acceptors (Lipinski definition) is 3. The van der Waals surface area contributed by atoms with E-state index >= 15 is 0 Å². The molecule has 0 atom stereocenters. The van der Waals surface area contributed by atoms with Crippen molar-refractivity contribution in [2.24, 2.45) is 0 Å². The number of hydrogen-bond donors (Lipinski definition) is 2. The fourth-order valence-corrected chi connectivity index (χ4v) is 1.81. The molecular weight excluding hydrogens is 265 g/mol. The Labute approximate surface area is 115 Å². The van der Waals surface area contributed by atoms with Crippen LogP contribution in [0.2, 0.25) is 5.02 Å². The third-order valence-corrected chi connectivity index (χ3v) is 3.03. The van der Waals surface area contributed by atoms with E-state index in [9.17, 15) is 4.39 Å². The number of nitriles is 1. The molecule has 0 unspecified atom stereocenters. The van der Waals surface area contributed by atoms with Crippen LogP contribution in [-0.2, 0) is 0 Å². The second kappa shape index (κ2) is 5.17. The molecule has 2 aromatic rings. The van der Waals surface area contributed by atoms with Crippen molar-refractivity contribution < 1.29 is 4.39 Å². The van der Waals surface area contributed by atoms with E-state index < -0.39 is 0 Å². The van der Waals surface area contributed by atoms with Crippen molar-refractivity contribution in [2.75, 3.05) is 11.1 Å². The van der Waals surface area contributed by atoms with Crippen LogP contribution >= 0.6 is 11.6 Å².